The zero-order chi connectivity index (χ0) is 19.8. The van der Waals surface area contributed by atoms with E-state index in [1.165, 1.54) is 23.3 Å². The number of carboxylic acid groups (broad SMARTS) is 1. The molecule has 4 rings (SSSR count). The van der Waals surface area contributed by atoms with Gasteiger partial charge in [-0.1, -0.05) is 17.3 Å². The number of carbonyl (C=O) groups is 1. The molecule has 2 aromatic carbocycles. The normalized spacial score (nSPS) is 11.0. The third-order valence-corrected chi connectivity index (χ3v) is 5.52. The van der Waals surface area contributed by atoms with E-state index < -0.39 is 11.8 Å². The number of aromatic carboxylic acids is 1. The fourth-order valence-electron chi connectivity index (χ4n) is 3.15. The maximum Gasteiger partial charge on any atom is 0.335 e. The topological polar surface area (TPSA) is 63.3 Å². The zero-order valence-corrected chi connectivity index (χ0v) is 16.0. The van der Waals surface area contributed by atoms with Crippen molar-refractivity contribution in [2.24, 2.45) is 0 Å². The molecule has 0 aliphatic rings. The molecule has 0 aliphatic carbocycles. The summed E-state index contributed by atoms with van der Waals surface area (Å²) in [5.41, 5.74) is 5.97. The monoisotopic (exact) mass is 393 g/mol. The van der Waals surface area contributed by atoms with Crippen LogP contribution in [0.15, 0.2) is 57.7 Å². The van der Waals surface area contributed by atoms with Gasteiger partial charge in [-0.15, -0.1) is 0 Å². The quantitative estimate of drug-likeness (QED) is 0.449. The number of thiophene rings is 1. The van der Waals surface area contributed by atoms with Crippen LogP contribution in [-0.2, 0) is 0 Å². The van der Waals surface area contributed by atoms with E-state index in [4.69, 9.17) is 9.63 Å². The molecule has 0 atom stereocenters. The largest absolute Gasteiger partial charge is 0.478 e. The van der Waals surface area contributed by atoms with Gasteiger partial charge in [0.15, 0.2) is 5.76 Å². The fraction of sp³-hybridized carbons (Fsp3) is 0.0909. The first-order valence-corrected chi connectivity index (χ1v) is 9.52. The maximum absolute atomic E-state index is 14.3. The summed E-state index contributed by atoms with van der Waals surface area (Å²) in [5.74, 6) is -1.31. The Labute approximate surface area is 164 Å². The second-order valence-electron chi connectivity index (χ2n) is 6.57. The van der Waals surface area contributed by atoms with Crippen molar-refractivity contribution in [1.29, 1.82) is 0 Å². The van der Waals surface area contributed by atoms with Gasteiger partial charge in [0.1, 0.15) is 11.5 Å². The molecule has 0 fully saturated rings. The van der Waals surface area contributed by atoms with Crippen LogP contribution in [0.4, 0.5) is 4.39 Å². The minimum Gasteiger partial charge on any atom is -0.478 e. The molecule has 0 radical (unpaired) electrons. The zero-order valence-electron chi connectivity index (χ0n) is 15.2. The van der Waals surface area contributed by atoms with E-state index in [-0.39, 0.29) is 11.1 Å². The van der Waals surface area contributed by atoms with Crippen LogP contribution in [0.2, 0.25) is 0 Å². The molecule has 28 heavy (non-hydrogen) atoms. The smallest absolute Gasteiger partial charge is 0.335 e. The summed E-state index contributed by atoms with van der Waals surface area (Å²) in [6, 6.07) is 11.4. The van der Waals surface area contributed by atoms with Crippen molar-refractivity contribution < 1.29 is 18.8 Å². The number of hydrogen-bond acceptors (Lipinski definition) is 4. The predicted octanol–water partition coefficient (Wildman–Crippen LogP) is 6.19. The lowest BCUT2D eigenvalue weighted by Crippen LogP contribution is -1.97. The molecule has 0 spiro atoms. The second-order valence-corrected chi connectivity index (χ2v) is 7.32. The van der Waals surface area contributed by atoms with E-state index >= 15 is 0 Å². The van der Waals surface area contributed by atoms with Gasteiger partial charge in [0.25, 0.3) is 0 Å². The van der Waals surface area contributed by atoms with Gasteiger partial charge in [-0.3, -0.25) is 0 Å². The van der Waals surface area contributed by atoms with Crippen molar-refractivity contribution in [3.8, 4) is 33.7 Å². The van der Waals surface area contributed by atoms with Gasteiger partial charge in [-0.05, 0) is 71.1 Å². The summed E-state index contributed by atoms with van der Waals surface area (Å²) in [5, 5.41) is 17.2. The number of nitrogens with zero attached hydrogens (tertiary/aromatic N) is 1. The molecule has 2 aromatic heterocycles. The second kappa shape index (κ2) is 7.05. The van der Waals surface area contributed by atoms with E-state index in [0.29, 0.717) is 11.5 Å². The molecule has 0 unspecified atom stereocenters. The Bertz CT molecular complexity index is 1190. The molecule has 0 amide bonds. The van der Waals surface area contributed by atoms with Crippen LogP contribution in [-0.4, -0.2) is 16.2 Å². The summed E-state index contributed by atoms with van der Waals surface area (Å²) >= 11 is 1.67. The van der Waals surface area contributed by atoms with Crippen LogP contribution in [0.25, 0.3) is 33.7 Å². The average Bonchev–Trinajstić information content (AvgIpc) is 3.31. The van der Waals surface area contributed by atoms with Gasteiger partial charge in [-0.25, -0.2) is 9.18 Å². The Kier molecular flexibility index (Phi) is 4.57. The van der Waals surface area contributed by atoms with Crippen molar-refractivity contribution in [3.63, 3.8) is 0 Å². The van der Waals surface area contributed by atoms with Crippen molar-refractivity contribution in [2.75, 3.05) is 0 Å². The van der Waals surface area contributed by atoms with Crippen molar-refractivity contribution in [3.05, 3.63) is 75.7 Å². The lowest BCUT2D eigenvalue weighted by Gasteiger charge is -2.07. The van der Waals surface area contributed by atoms with Gasteiger partial charge in [-0.2, -0.15) is 11.3 Å². The summed E-state index contributed by atoms with van der Waals surface area (Å²) in [6.07, 6.45) is 0. The Morgan fingerprint density at radius 1 is 1.00 bits per heavy atom. The molecule has 0 saturated carbocycles. The van der Waals surface area contributed by atoms with E-state index in [0.717, 1.165) is 22.8 Å². The van der Waals surface area contributed by atoms with Crippen molar-refractivity contribution in [1.82, 2.24) is 5.16 Å². The molecular formula is C22H16FNO3S. The van der Waals surface area contributed by atoms with E-state index in [2.05, 4.69) is 22.8 Å². The number of benzene rings is 2. The molecule has 1 N–H and O–H groups in total. The number of carboxylic acids is 1. The summed E-state index contributed by atoms with van der Waals surface area (Å²) in [7, 11) is 0. The van der Waals surface area contributed by atoms with Gasteiger partial charge in [0, 0.05) is 17.2 Å². The highest BCUT2D eigenvalue weighted by atomic mass is 32.1. The van der Waals surface area contributed by atoms with Crippen LogP contribution in [0, 0.1) is 19.7 Å². The summed E-state index contributed by atoms with van der Waals surface area (Å²) in [4.78, 5) is 11.0. The first-order valence-electron chi connectivity index (χ1n) is 8.58. The highest BCUT2D eigenvalue weighted by Crippen LogP contribution is 2.33. The van der Waals surface area contributed by atoms with Gasteiger partial charge in [0.05, 0.1) is 5.56 Å². The molecule has 6 heteroatoms. The first kappa shape index (κ1) is 18.1. The molecule has 4 nitrogen and oxygen atoms in total. The van der Waals surface area contributed by atoms with Crippen LogP contribution >= 0.6 is 11.3 Å². The number of aryl methyl sites for hydroxylation is 2. The van der Waals surface area contributed by atoms with E-state index in [9.17, 15) is 9.18 Å². The average molecular weight is 393 g/mol. The van der Waals surface area contributed by atoms with Gasteiger partial charge in [0.2, 0.25) is 0 Å². The highest BCUT2D eigenvalue weighted by molar-refractivity contribution is 7.08. The Hall–Kier alpha value is -3.25. The Morgan fingerprint density at radius 3 is 2.43 bits per heavy atom. The molecular weight excluding hydrogens is 377 g/mol. The third-order valence-electron chi connectivity index (χ3n) is 4.66. The number of rotatable bonds is 4. The maximum atomic E-state index is 14.3. The first-order chi connectivity index (χ1) is 13.4. The lowest BCUT2D eigenvalue weighted by molar-refractivity contribution is 0.0696. The van der Waals surface area contributed by atoms with Crippen LogP contribution in [0.5, 0.6) is 0 Å². The molecule has 2 heterocycles. The summed E-state index contributed by atoms with van der Waals surface area (Å²) < 4.78 is 19.7. The standard InChI is InChI=1S/C22H16FNO3S/c1-12-7-14(3-5-16(12)18-11-28-10-13(18)2)21-9-20(24-27-21)17-6-4-15(22(25)26)8-19(17)23/h3-11H,1-2H3,(H,25,26). The molecule has 4 aromatic rings. The third kappa shape index (κ3) is 3.23. The van der Waals surface area contributed by atoms with E-state index in [1.807, 2.05) is 25.1 Å². The minimum atomic E-state index is -1.18. The fourth-order valence-corrected chi connectivity index (χ4v) is 4.00. The number of aromatic nitrogens is 1. The molecule has 0 saturated heterocycles. The van der Waals surface area contributed by atoms with Crippen LogP contribution in [0.1, 0.15) is 21.5 Å². The highest BCUT2D eigenvalue weighted by Gasteiger charge is 2.15. The lowest BCUT2D eigenvalue weighted by atomic mass is 9.97. The Balaban J connectivity index is 1.67. The predicted molar refractivity (Wildman–Crippen MR) is 107 cm³/mol. The minimum absolute atomic E-state index is 0.111. The van der Waals surface area contributed by atoms with Crippen LogP contribution < -0.4 is 0 Å². The molecule has 0 bridgehead atoms. The van der Waals surface area contributed by atoms with E-state index in [1.54, 1.807) is 17.4 Å². The number of hydrogen-bond donors (Lipinski definition) is 1. The van der Waals surface area contributed by atoms with Gasteiger partial charge < -0.3 is 9.63 Å². The summed E-state index contributed by atoms with van der Waals surface area (Å²) in [6.45, 7) is 4.13. The Morgan fingerprint density at radius 2 is 1.79 bits per heavy atom. The van der Waals surface area contributed by atoms with Crippen molar-refractivity contribution >= 4 is 17.3 Å². The molecule has 140 valence electrons. The SMILES string of the molecule is Cc1cc(-c2cc(-c3ccc(C(=O)O)cc3F)no2)ccc1-c1cscc1C. The molecule has 0 aliphatic heterocycles. The van der Waals surface area contributed by atoms with Crippen LogP contribution in [0.3, 0.4) is 0 Å². The number of halogens is 1. The van der Waals surface area contributed by atoms with Gasteiger partial charge >= 0.3 is 5.97 Å². The van der Waals surface area contributed by atoms with Crippen molar-refractivity contribution in [2.45, 2.75) is 13.8 Å².